The highest BCUT2D eigenvalue weighted by molar-refractivity contribution is 6.31. The van der Waals surface area contributed by atoms with Crippen LogP contribution < -0.4 is 10.1 Å². The summed E-state index contributed by atoms with van der Waals surface area (Å²) in [6, 6.07) is 3.63. The molecule has 1 unspecified atom stereocenters. The second-order valence-electron chi connectivity index (χ2n) is 4.38. The lowest BCUT2D eigenvalue weighted by atomic mass is 10.0. The summed E-state index contributed by atoms with van der Waals surface area (Å²) < 4.78 is 5.06. The molecule has 0 aromatic heterocycles. The first-order valence-corrected chi connectivity index (χ1v) is 6.11. The van der Waals surface area contributed by atoms with Gasteiger partial charge in [0.1, 0.15) is 11.8 Å². The molecule has 0 aliphatic rings. The summed E-state index contributed by atoms with van der Waals surface area (Å²) in [7, 11) is 1.43. The minimum absolute atomic E-state index is 0.210. The number of rotatable bonds is 5. The Hall–Kier alpha value is -1.75. The Morgan fingerprint density at radius 1 is 1.37 bits per heavy atom. The molecule has 6 heteroatoms. The molecule has 1 aromatic rings. The van der Waals surface area contributed by atoms with E-state index in [9.17, 15) is 9.59 Å². The summed E-state index contributed by atoms with van der Waals surface area (Å²) >= 11 is 5.83. The van der Waals surface area contributed by atoms with Crippen LogP contribution in [0.15, 0.2) is 18.2 Å². The number of carbonyl (C=O) groups is 2. The Kier molecular flexibility index (Phi) is 5.18. The van der Waals surface area contributed by atoms with Crippen molar-refractivity contribution >= 4 is 23.5 Å². The summed E-state index contributed by atoms with van der Waals surface area (Å²) in [6.07, 6.45) is 0. The van der Waals surface area contributed by atoms with Gasteiger partial charge in [-0.3, -0.25) is 4.79 Å². The lowest BCUT2D eigenvalue weighted by Gasteiger charge is -2.18. The van der Waals surface area contributed by atoms with Crippen LogP contribution in [-0.4, -0.2) is 30.1 Å². The molecular formula is C13H16ClNO4. The predicted octanol–water partition coefficient (Wildman–Crippen LogP) is 2.19. The van der Waals surface area contributed by atoms with Gasteiger partial charge in [0.25, 0.3) is 5.91 Å². The summed E-state index contributed by atoms with van der Waals surface area (Å²) in [5, 5.41) is 11.9. The Morgan fingerprint density at radius 3 is 2.47 bits per heavy atom. The maximum absolute atomic E-state index is 12.1. The average Bonchev–Trinajstić information content (AvgIpc) is 2.34. The van der Waals surface area contributed by atoms with E-state index in [1.165, 1.54) is 13.2 Å². The van der Waals surface area contributed by atoms with Crippen molar-refractivity contribution in [1.29, 1.82) is 0 Å². The number of ether oxygens (including phenoxy) is 1. The molecule has 1 rings (SSSR count). The van der Waals surface area contributed by atoms with Crippen LogP contribution >= 0.6 is 11.6 Å². The van der Waals surface area contributed by atoms with Gasteiger partial charge in [0.05, 0.1) is 12.7 Å². The first-order chi connectivity index (χ1) is 8.86. The third-order valence-electron chi connectivity index (χ3n) is 2.63. The van der Waals surface area contributed by atoms with E-state index in [4.69, 9.17) is 21.4 Å². The van der Waals surface area contributed by atoms with E-state index in [0.29, 0.717) is 10.8 Å². The number of hydrogen-bond acceptors (Lipinski definition) is 3. The van der Waals surface area contributed by atoms with Crippen molar-refractivity contribution in [2.45, 2.75) is 19.9 Å². The molecular weight excluding hydrogens is 270 g/mol. The second kappa shape index (κ2) is 6.43. The third kappa shape index (κ3) is 3.86. The molecule has 0 heterocycles. The molecule has 1 atom stereocenters. The molecule has 1 amide bonds. The minimum atomic E-state index is -1.08. The predicted molar refractivity (Wildman–Crippen MR) is 71.7 cm³/mol. The molecule has 2 N–H and O–H groups in total. The molecule has 0 saturated carbocycles. The number of carboxylic acid groups (broad SMARTS) is 1. The molecule has 0 aliphatic carbocycles. The zero-order chi connectivity index (χ0) is 14.6. The SMILES string of the molecule is COc1ccc(Cl)cc1C(=O)NC(C(=O)O)C(C)C. The van der Waals surface area contributed by atoms with Gasteiger partial charge in [0.2, 0.25) is 0 Å². The van der Waals surface area contributed by atoms with Crippen molar-refractivity contribution in [2.75, 3.05) is 7.11 Å². The number of benzene rings is 1. The van der Waals surface area contributed by atoms with Gasteiger partial charge in [-0.2, -0.15) is 0 Å². The van der Waals surface area contributed by atoms with Crippen molar-refractivity contribution in [3.05, 3.63) is 28.8 Å². The van der Waals surface area contributed by atoms with Gasteiger partial charge in [-0.15, -0.1) is 0 Å². The van der Waals surface area contributed by atoms with Crippen LogP contribution in [-0.2, 0) is 4.79 Å². The van der Waals surface area contributed by atoms with Gasteiger partial charge >= 0.3 is 5.97 Å². The lowest BCUT2D eigenvalue weighted by molar-refractivity contribution is -0.140. The molecule has 1 aromatic carbocycles. The van der Waals surface area contributed by atoms with Gasteiger partial charge in [0.15, 0.2) is 0 Å². The van der Waals surface area contributed by atoms with Gasteiger partial charge < -0.3 is 15.2 Å². The quantitative estimate of drug-likeness (QED) is 0.869. The average molecular weight is 286 g/mol. The fraction of sp³-hybridized carbons (Fsp3) is 0.385. The van der Waals surface area contributed by atoms with Gasteiger partial charge in [0, 0.05) is 5.02 Å². The number of aliphatic carboxylic acids is 1. The summed E-state index contributed by atoms with van der Waals surface area (Å²) in [5.74, 6) is -1.49. The fourth-order valence-corrected chi connectivity index (χ4v) is 1.76. The van der Waals surface area contributed by atoms with E-state index in [1.54, 1.807) is 26.0 Å². The lowest BCUT2D eigenvalue weighted by Crippen LogP contribution is -2.44. The largest absolute Gasteiger partial charge is 0.496 e. The molecule has 0 spiro atoms. The number of halogens is 1. The zero-order valence-electron chi connectivity index (χ0n) is 10.9. The first-order valence-electron chi connectivity index (χ1n) is 5.74. The third-order valence-corrected chi connectivity index (χ3v) is 2.86. The van der Waals surface area contributed by atoms with Crippen molar-refractivity contribution in [1.82, 2.24) is 5.32 Å². The highest BCUT2D eigenvalue weighted by Gasteiger charge is 2.25. The van der Waals surface area contributed by atoms with E-state index in [0.717, 1.165) is 0 Å². The van der Waals surface area contributed by atoms with Gasteiger partial charge in [-0.1, -0.05) is 25.4 Å². The maximum Gasteiger partial charge on any atom is 0.326 e. The van der Waals surface area contributed by atoms with Crippen molar-refractivity contribution in [3.63, 3.8) is 0 Å². The molecule has 0 fully saturated rings. The number of carboxylic acids is 1. The minimum Gasteiger partial charge on any atom is -0.496 e. The van der Waals surface area contributed by atoms with Crippen LogP contribution in [0.3, 0.4) is 0 Å². The fourth-order valence-electron chi connectivity index (χ4n) is 1.59. The molecule has 0 radical (unpaired) electrons. The summed E-state index contributed by atoms with van der Waals surface area (Å²) in [6.45, 7) is 3.43. The highest BCUT2D eigenvalue weighted by atomic mass is 35.5. The van der Waals surface area contributed by atoms with E-state index < -0.39 is 17.9 Å². The van der Waals surface area contributed by atoms with Crippen molar-refractivity contribution in [3.8, 4) is 5.75 Å². The number of nitrogens with one attached hydrogen (secondary N) is 1. The monoisotopic (exact) mass is 285 g/mol. The molecule has 0 aliphatic heterocycles. The van der Waals surface area contributed by atoms with Crippen LogP contribution in [0.25, 0.3) is 0 Å². The summed E-state index contributed by atoms with van der Waals surface area (Å²) in [5.41, 5.74) is 0.210. The van der Waals surface area contributed by atoms with Gasteiger partial charge in [-0.25, -0.2) is 4.79 Å². The molecule has 104 valence electrons. The molecule has 5 nitrogen and oxygen atoms in total. The Bertz CT molecular complexity index is 488. The summed E-state index contributed by atoms with van der Waals surface area (Å²) in [4.78, 5) is 23.1. The van der Waals surface area contributed by atoms with Crippen molar-refractivity contribution in [2.24, 2.45) is 5.92 Å². The van der Waals surface area contributed by atoms with Crippen LogP contribution in [0.1, 0.15) is 24.2 Å². The second-order valence-corrected chi connectivity index (χ2v) is 4.81. The van der Waals surface area contributed by atoms with Crippen LogP contribution in [0.2, 0.25) is 5.02 Å². The maximum atomic E-state index is 12.1. The standard InChI is InChI=1S/C13H16ClNO4/c1-7(2)11(13(17)18)15-12(16)9-6-8(14)4-5-10(9)19-3/h4-7,11H,1-3H3,(H,15,16)(H,17,18). The highest BCUT2D eigenvalue weighted by Crippen LogP contribution is 2.22. The van der Waals surface area contributed by atoms with Crippen LogP contribution in [0.4, 0.5) is 0 Å². The van der Waals surface area contributed by atoms with Crippen LogP contribution in [0, 0.1) is 5.92 Å². The Balaban J connectivity index is 3.00. The Labute approximate surface area is 116 Å². The first kappa shape index (κ1) is 15.3. The number of amides is 1. The smallest absolute Gasteiger partial charge is 0.326 e. The Morgan fingerprint density at radius 2 is 2.00 bits per heavy atom. The normalized spacial score (nSPS) is 12.1. The van der Waals surface area contributed by atoms with E-state index >= 15 is 0 Å². The van der Waals surface area contributed by atoms with Gasteiger partial charge in [-0.05, 0) is 24.1 Å². The zero-order valence-corrected chi connectivity index (χ0v) is 11.7. The molecule has 0 bridgehead atoms. The molecule has 19 heavy (non-hydrogen) atoms. The number of methoxy groups -OCH3 is 1. The number of hydrogen-bond donors (Lipinski definition) is 2. The van der Waals surface area contributed by atoms with E-state index in [-0.39, 0.29) is 11.5 Å². The van der Waals surface area contributed by atoms with Crippen molar-refractivity contribution < 1.29 is 19.4 Å². The molecule has 0 saturated heterocycles. The number of carbonyl (C=O) groups excluding carboxylic acids is 1. The topological polar surface area (TPSA) is 75.6 Å². The van der Waals surface area contributed by atoms with E-state index in [1.807, 2.05) is 0 Å². The van der Waals surface area contributed by atoms with Crippen LogP contribution in [0.5, 0.6) is 5.75 Å². The van der Waals surface area contributed by atoms with E-state index in [2.05, 4.69) is 5.32 Å².